The van der Waals surface area contributed by atoms with Gasteiger partial charge in [0.2, 0.25) is 11.7 Å². The lowest BCUT2D eigenvalue weighted by Gasteiger charge is -2.02. The Kier molecular flexibility index (Phi) is 16.7. The average molecular weight is 520 g/mol. The van der Waals surface area contributed by atoms with Gasteiger partial charge in [-0.2, -0.15) is 0 Å². The van der Waals surface area contributed by atoms with Gasteiger partial charge in [0.25, 0.3) is 0 Å². The van der Waals surface area contributed by atoms with Gasteiger partial charge >= 0.3 is 0 Å². The highest BCUT2D eigenvalue weighted by molar-refractivity contribution is 7.18. The molecule has 0 aliphatic carbocycles. The standard InChI is InChI=1S/C13H11F2N3OS.C9H16N2O.C4H8/c1-2-6-17-13-18-12(16)11(20-13)10(19)9-7(14)4-3-5-8(9)15;1-4-5-8(2)11-9(12)6-7-10-3;1-3-4-2/h2-6H,16H2,1H3,(H,17,18);5,7H,4,6H2,1-3H3,(H,11,12);3-4H,1-2H3/b6-2+;8-5+,10-7?;4-3-. The largest absolute Gasteiger partial charge is 0.382 e. The number of rotatable bonds is 8. The van der Waals surface area contributed by atoms with Crippen molar-refractivity contribution in [3.8, 4) is 0 Å². The van der Waals surface area contributed by atoms with Crippen molar-refractivity contribution in [1.82, 2.24) is 10.3 Å². The average Bonchev–Trinajstić information content (AvgIpc) is 3.22. The van der Waals surface area contributed by atoms with E-state index < -0.39 is 23.0 Å². The summed E-state index contributed by atoms with van der Waals surface area (Å²) in [5.41, 5.74) is 5.91. The van der Waals surface area contributed by atoms with E-state index >= 15 is 0 Å². The van der Waals surface area contributed by atoms with E-state index in [1.54, 1.807) is 32.5 Å². The fourth-order valence-corrected chi connectivity index (χ4v) is 3.15. The Morgan fingerprint density at radius 2 is 1.75 bits per heavy atom. The third-order valence-electron chi connectivity index (χ3n) is 4.06. The maximum Gasteiger partial charge on any atom is 0.229 e. The summed E-state index contributed by atoms with van der Waals surface area (Å²) in [5.74, 6) is -2.74. The summed E-state index contributed by atoms with van der Waals surface area (Å²) in [5, 5.41) is 5.92. The van der Waals surface area contributed by atoms with Crippen LogP contribution in [0.1, 0.15) is 62.7 Å². The zero-order valence-corrected chi connectivity index (χ0v) is 22.4. The fourth-order valence-electron chi connectivity index (χ4n) is 2.34. The summed E-state index contributed by atoms with van der Waals surface area (Å²) in [4.78, 5) is 30.9. The van der Waals surface area contributed by atoms with Gasteiger partial charge in [-0.3, -0.25) is 9.59 Å². The van der Waals surface area contributed by atoms with Crippen LogP contribution in [0.5, 0.6) is 0 Å². The van der Waals surface area contributed by atoms with E-state index in [1.807, 2.05) is 45.9 Å². The Labute approximate surface area is 215 Å². The van der Waals surface area contributed by atoms with E-state index in [9.17, 15) is 18.4 Å². The first-order chi connectivity index (χ1) is 17.2. The van der Waals surface area contributed by atoms with Gasteiger partial charge in [0.15, 0.2) is 5.13 Å². The Balaban J connectivity index is 0.000000653. The van der Waals surface area contributed by atoms with Gasteiger partial charge in [-0.05, 0) is 52.4 Å². The molecule has 0 saturated carbocycles. The van der Waals surface area contributed by atoms with Crippen molar-refractivity contribution in [1.29, 1.82) is 0 Å². The molecular formula is C26H35F2N5O2S. The number of nitrogen functional groups attached to an aromatic ring is 1. The van der Waals surface area contributed by atoms with Gasteiger partial charge < -0.3 is 21.4 Å². The molecule has 4 N–H and O–H groups in total. The molecule has 1 aromatic carbocycles. The predicted octanol–water partition coefficient (Wildman–Crippen LogP) is 6.27. The summed E-state index contributed by atoms with van der Waals surface area (Å²) in [6, 6.07) is 3.23. The van der Waals surface area contributed by atoms with Crippen molar-refractivity contribution in [2.45, 2.75) is 47.5 Å². The SMILES string of the molecule is C/C=C/Nc1nc(N)c(C(=O)c2c(F)cccc2F)s1.C/C=C\C.CC/C=C(\C)NC(=O)CC=NC. The first-order valence-corrected chi connectivity index (χ1v) is 12.0. The number of nitrogens with one attached hydrogen (secondary N) is 2. The Morgan fingerprint density at radius 1 is 1.14 bits per heavy atom. The molecule has 0 radical (unpaired) electrons. The molecule has 2 rings (SSSR count). The number of nitrogens with two attached hydrogens (primary N) is 1. The number of benzene rings is 1. The predicted molar refractivity (Wildman–Crippen MR) is 146 cm³/mol. The van der Waals surface area contributed by atoms with Crippen LogP contribution in [0, 0.1) is 11.6 Å². The molecule has 196 valence electrons. The zero-order chi connectivity index (χ0) is 27.5. The Hall–Kier alpha value is -3.66. The molecule has 0 atom stereocenters. The highest BCUT2D eigenvalue weighted by Crippen LogP contribution is 2.29. The van der Waals surface area contributed by atoms with Crippen molar-refractivity contribution in [3.63, 3.8) is 0 Å². The number of amides is 1. The van der Waals surface area contributed by atoms with Crippen molar-refractivity contribution in [3.05, 3.63) is 76.5 Å². The second-order valence-corrected chi connectivity index (χ2v) is 7.96. The van der Waals surface area contributed by atoms with Gasteiger partial charge in [0.05, 0.1) is 12.0 Å². The minimum absolute atomic E-state index is 0.000929. The third-order valence-corrected chi connectivity index (χ3v) is 5.06. The number of carbonyl (C=O) groups is 2. The van der Waals surface area contributed by atoms with E-state index in [0.717, 1.165) is 35.6 Å². The minimum Gasteiger partial charge on any atom is -0.382 e. The van der Waals surface area contributed by atoms with Crippen LogP contribution in [0.4, 0.5) is 19.7 Å². The molecule has 0 saturated heterocycles. The topological polar surface area (TPSA) is 109 Å². The zero-order valence-electron chi connectivity index (χ0n) is 21.6. The van der Waals surface area contributed by atoms with Crippen LogP contribution in [0.15, 0.2) is 59.4 Å². The number of aliphatic imine (C=N–C) groups is 1. The van der Waals surface area contributed by atoms with Crippen molar-refractivity contribution >= 4 is 40.2 Å². The maximum absolute atomic E-state index is 13.6. The monoisotopic (exact) mass is 519 g/mol. The van der Waals surface area contributed by atoms with Crippen LogP contribution in [0.3, 0.4) is 0 Å². The van der Waals surface area contributed by atoms with E-state index in [2.05, 4.69) is 20.6 Å². The molecule has 1 heterocycles. The molecule has 0 bridgehead atoms. The van der Waals surface area contributed by atoms with Crippen LogP contribution in [0.2, 0.25) is 0 Å². The lowest BCUT2D eigenvalue weighted by molar-refractivity contribution is -0.119. The summed E-state index contributed by atoms with van der Waals surface area (Å²) >= 11 is 0.938. The molecular weight excluding hydrogens is 484 g/mol. The summed E-state index contributed by atoms with van der Waals surface area (Å²) < 4.78 is 27.2. The number of hydrogen-bond acceptors (Lipinski definition) is 7. The number of hydrogen-bond donors (Lipinski definition) is 3. The van der Waals surface area contributed by atoms with Gasteiger partial charge in [-0.1, -0.05) is 48.6 Å². The van der Waals surface area contributed by atoms with Crippen LogP contribution in [-0.4, -0.2) is 29.9 Å². The van der Waals surface area contributed by atoms with Crippen LogP contribution in [-0.2, 0) is 4.79 Å². The van der Waals surface area contributed by atoms with E-state index in [4.69, 9.17) is 5.73 Å². The Bertz CT molecular complexity index is 1070. The van der Waals surface area contributed by atoms with E-state index in [0.29, 0.717) is 11.6 Å². The number of nitrogens with zero attached hydrogens (tertiary/aromatic N) is 2. The van der Waals surface area contributed by atoms with Gasteiger partial charge in [-0.25, -0.2) is 13.8 Å². The summed E-state index contributed by atoms with van der Waals surface area (Å²) in [6.45, 7) is 9.71. The second-order valence-electron chi connectivity index (χ2n) is 6.96. The first-order valence-electron chi connectivity index (χ1n) is 11.2. The highest BCUT2D eigenvalue weighted by atomic mass is 32.1. The third kappa shape index (κ3) is 12.2. The fraction of sp³-hybridized carbons (Fsp3) is 0.308. The smallest absolute Gasteiger partial charge is 0.229 e. The summed E-state index contributed by atoms with van der Waals surface area (Å²) in [7, 11) is 1.65. The molecule has 1 aromatic heterocycles. The van der Waals surface area contributed by atoms with Crippen molar-refractivity contribution < 1.29 is 18.4 Å². The molecule has 0 aliphatic rings. The van der Waals surface area contributed by atoms with E-state index in [-0.39, 0.29) is 16.6 Å². The molecule has 10 heteroatoms. The van der Waals surface area contributed by atoms with Crippen LogP contribution >= 0.6 is 11.3 Å². The molecule has 0 unspecified atom stereocenters. The van der Waals surface area contributed by atoms with E-state index in [1.165, 1.54) is 6.07 Å². The molecule has 7 nitrogen and oxygen atoms in total. The quantitative estimate of drug-likeness (QED) is 0.216. The molecule has 0 fully saturated rings. The number of ketones is 1. The molecule has 0 spiro atoms. The number of aromatic nitrogens is 1. The van der Waals surface area contributed by atoms with Crippen molar-refractivity contribution in [2.24, 2.45) is 4.99 Å². The highest BCUT2D eigenvalue weighted by Gasteiger charge is 2.23. The number of carbonyl (C=O) groups excluding carboxylic acids is 2. The summed E-state index contributed by atoms with van der Waals surface area (Å²) in [6.07, 6.45) is 12.2. The van der Waals surface area contributed by atoms with Crippen molar-refractivity contribution in [2.75, 3.05) is 18.1 Å². The normalized spacial score (nSPS) is 11.2. The number of halogens is 2. The molecule has 0 aliphatic heterocycles. The lowest BCUT2D eigenvalue weighted by atomic mass is 10.1. The molecule has 1 amide bonds. The lowest BCUT2D eigenvalue weighted by Crippen LogP contribution is -2.21. The van der Waals surface area contributed by atoms with Gasteiger partial charge in [-0.15, -0.1) is 0 Å². The maximum atomic E-state index is 13.6. The second kappa shape index (κ2) is 18.6. The molecule has 36 heavy (non-hydrogen) atoms. The first kappa shape index (κ1) is 32.3. The van der Waals surface area contributed by atoms with Crippen LogP contribution < -0.4 is 16.4 Å². The number of anilines is 2. The van der Waals surface area contributed by atoms with Gasteiger partial charge in [0.1, 0.15) is 22.3 Å². The number of thiazole rings is 1. The number of allylic oxidation sites excluding steroid dienone is 5. The molecule has 2 aromatic rings. The van der Waals surface area contributed by atoms with Crippen LogP contribution in [0.25, 0.3) is 0 Å². The Morgan fingerprint density at radius 3 is 2.25 bits per heavy atom. The minimum atomic E-state index is -0.925. The van der Waals surface area contributed by atoms with Gasteiger partial charge in [0, 0.05) is 19.0 Å².